The Morgan fingerprint density at radius 2 is 1.54 bits per heavy atom. The zero-order chi connectivity index (χ0) is 19.6. The van der Waals surface area contributed by atoms with Gasteiger partial charge in [-0.3, -0.25) is 9.59 Å². The van der Waals surface area contributed by atoms with Crippen LogP contribution in [0.5, 0.6) is 5.75 Å². The SMILES string of the molecule is COc1ccc(C(=O)N2CCC3(CC2)SCCN3C(=O)c2ccccc2)cc1. The zero-order valence-corrected chi connectivity index (χ0v) is 16.8. The first-order valence-electron chi connectivity index (χ1n) is 9.57. The minimum absolute atomic E-state index is 0.0430. The molecule has 0 saturated carbocycles. The Kier molecular flexibility index (Phi) is 5.31. The van der Waals surface area contributed by atoms with Gasteiger partial charge in [0.1, 0.15) is 5.75 Å². The fourth-order valence-corrected chi connectivity index (χ4v) is 5.48. The predicted octanol–water partition coefficient (Wildman–Crippen LogP) is 3.52. The number of hydrogen-bond donors (Lipinski definition) is 0. The maximum absolute atomic E-state index is 13.0. The third-order valence-corrected chi connectivity index (χ3v) is 7.17. The Morgan fingerprint density at radius 3 is 2.18 bits per heavy atom. The van der Waals surface area contributed by atoms with Gasteiger partial charge in [0.25, 0.3) is 11.8 Å². The van der Waals surface area contributed by atoms with Crippen molar-refractivity contribution in [2.75, 3.05) is 32.5 Å². The molecule has 2 saturated heterocycles. The van der Waals surface area contributed by atoms with Crippen molar-refractivity contribution in [2.24, 2.45) is 0 Å². The van der Waals surface area contributed by atoms with Gasteiger partial charge in [0, 0.05) is 36.5 Å². The number of carbonyl (C=O) groups excluding carboxylic acids is 2. The van der Waals surface area contributed by atoms with Crippen molar-refractivity contribution in [2.45, 2.75) is 17.7 Å². The second-order valence-electron chi connectivity index (χ2n) is 7.14. The summed E-state index contributed by atoms with van der Waals surface area (Å²) in [5, 5.41) is 0. The summed E-state index contributed by atoms with van der Waals surface area (Å²) in [5.74, 6) is 1.83. The lowest BCUT2D eigenvalue weighted by Gasteiger charge is -2.44. The van der Waals surface area contributed by atoms with Gasteiger partial charge in [-0.2, -0.15) is 0 Å². The number of likely N-dealkylation sites (tertiary alicyclic amines) is 1. The number of methoxy groups -OCH3 is 1. The summed E-state index contributed by atoms with van der Waals surface area (Å²) < 4.78 is 5.16. The normalized spacial score (nSPS) is 18.3. The Labute approximate surface area is 169 Å². The van der Waals surface area contributed by atoms with Crippen LogP contribution >= 0.6 is 11.8 Å². The molecule has 6 heteroatoms. The van der Waals surface area contributed by atoms with Crippen LogP contribution in [-0.4, -0.2) is 59.0 Å². The summed E-state index contributed by atoms with van der Waals surface area (Å²) in [6.07, 6.45) is 1.61. The topological polar surface area (TPSA) is 49.9 Å². The van der Waals surface area contributed by atoms with E-state index in [0.717, 1.165) is 36.5 Å². The number of amides is 2. The highest BCUT2D eigenvalue weighted by atomic mass is 32.2. The highest BCUT2D eigenvalue weighted by molar-refractivity contribution is 8.00. The molecule has 0 bridgehead atoms. The monoisotopic (exact) mass is 396 g/mol. The highest BCUT2D eigenvalue weighted by Gasteiger charge is 2.47. The van der Waals surface area contributed by atoms with E-state index in [9.17, 15) is 9.59 Å². The second kappa shape index (κ2) is 7.87. The molecule has 146 valence electrons. The first-order chi connectivity index (χ1) is 13.6. The summed E-state index contributed by atoms with van der Waals surface area (Å²) in [4.78, 5) is 29.6. The van der Waals surface area contributed by atoms with Crippen molar-refractivity contribution < 1.29 is 14.3 Å². The average Bonchev–Trinajstić information content (AvgIpc) is 3.17. The molecule has 0 N–H and O–H groups in total. The number of nitrogens with zero attached hydrogens (tertiary/aromatic N) is 2. The van der Waals surface area contributed by atoms with E-state index in [4.69, 9.17) is 4.74 Å². The lowest BCUT2D eigenvalue weighted by atomic mass is 10.00. The van der Waals surface area contributed by atoms with Crippen LogP contribution in [0.25, 0.3) is 0 Å². The van der Waals surface area contributed by atoms with E-state index < -0.39 is 0 Å². The fraction of sp³-hybridized carbons (Fsp3) is 0.364. The Morgan fingerprint density at radius 1 is 0.893 bits per heavy atom. The van der Waals surface area contributed by atoms with E-state index in [1.54, 1.807) is 19.2 Å². The van der Waals surface area contributed by atoms with E-state index in [1.807, 2.05) is 64.0 Å². The van der Waals surface area contributed by atoms with Crippen LogP contribution in [0.15, 0.2) is 54.6 Å². The van der Waals surface area contributed by atoms with Gasteiger partial charge < -0.3 is 14.5 Å². The summed E-state index contributed by atoms with van der Waals surface area (Å²) >= 11 is 1.86. The Balaban J connectivity index is 1.44. The summed E-state index contributed by atoms with van der Waals surface area (Å²) in [6.45, 7) is 2.09. The van der Waals surface area contributed by atoms with Crippen molar-refractivity contribution in [3.8, 4) is 5.75 Å². The number of ether oxygens (including phenoxy) is 1. The van der Waals surface area contributed by atoms with Crippen molar-refractivity contribution in [1.29, 1.82) is 0 Å². The number of benzene rings is 2. The molecule has 5 nitrogen and oxygen atoms in total. The predicted molar refractivity (Wildman–Crippen MR) is 111 cm³/mol. The molecule has 2 heterocycles. The van der Waals surface area contributed by atoms with Gasteiger partial charge in [0.05, 0.1) is 12.0 Å². The van der Waals surface area contributed by atoms with Gasteiger partial charge in [0.15, 0.2) is 0 Å². The lowest BCUT2D eigenvalue weighted by Crippen LogP contribution is -2.53. The molecule has 2 aromatic rings. The molecule has 4 rings (SSSR count). The molecule has 28 heavy (non-hydrogen) atoms. The van der Waals surface area contributed by atoms with Crippen LogP contribution in [0, 0.1) is 0 Å². The molecule has 0 atom stereocenters. The maximum Gasteiger partial charge on any atom is 0.254 e. The first kappa shape index (κ1) is 18.9. The minimum atomic E-state index is -0.191. The molecule has 1 spiro atoms. The highest BCUT2D eigenvalue weighted by Crippen LogP contribution is 2.44. The van der Waals surface area contributed by atoms with Crippen molar-refractivity contribution in [3.63, 3.8) is 0 Å². The molecule has 0 aliphatic carbocycles. The van der Waals surface area contributed by atoms with Crippen LogP contribution in [0.4, 0.5) is 0 Å². The fourth-order valence-electron chi connectivity index (χ4n) is 4.02. The first-order valence-corrected chi connectivity index (χ1v) is 10.6. The van der Waals surface area contributed by atoms with Crippen LogP contribution in [0.1, 0.15) is 33.6 Å². The number of hydrogen-bond acceptors (Lipinski definition) is 4. The largest absolute Gasteiger partial charge is 0.497 e. The van der Waals surface area contributed by atoms with Crippen molar-refractivity contribution >= 4 is 23.6 Å². The van der Waals surface area contributed by atoms with E-state index in [2.05, 4.69) is 0 Å². The van der Waals surface area contributed by atoms with Crippen LogP contribution in [0.2, 0.25) is 0 Å². The van der Waals surface area contributed by atoms with Crippen LogP contribution < -0.4 is 4.74 Å². The molecule has 0 aromatic heterocycles. The molecule has 2 aliphatic rings. The molecule has 2 aromatic carbocycles. The quantitative estimate of drug-likeness (QED) is 0.797. The standard InChI is InChI=1S/C22H24N2O3S/c1-27-19-9-7-18(8-10-19)20(25)23-13-11-22(12-14-23)24(15-16-28-22)21(26)17-5-3-2-4-6-17/h2-10H,11-16H2,1H3. The van der Waals surface area contributed by atoms with Gasteiger partial charge in [-0.15, -0.1) is 11.8 Å². The smallest absolute Gasteiger partial charge is 0.254 e. The third-order valence-electron chi connectivity index (χ3n) is 5.61. The van der Waals surface area contributed by atoms with Crippen LogP contribution in [0.3, 0.4) is 0 Å². The average molecular weight is 397 g/mol. The summed E-state index contributed by atoms with van der Waals surface area (Å²) in [6, 6.07) is 16.7. The van der Waals surface area contributed by atoms with Gasteiger partial charge in [0.2, 0.25) is 0 Å². The molecular formula is C22H24N2O3S. The maximum atomic E-state index is 13.0. The molecule has 2 fully saturated rings. The number of thioether (sulfide) groups is 1. The van der Waals surface area contributed by atoms with E-state index in [-0.39, 0.29) is 16.7 Å². The van der Waals surface area contributed by atoms with E-state index in [1.165, 1.54) is 0 Å². The van der Waals surface area contributed by atoms with Gasteiger partial charge in [-0.25, -0.2) is 0 Å². The summed E-state index contributed by atoms with van der Waals surface area (Å²) in [5.41, 5.74) is 1.41. The van der Waals surface area contributed by atoms with Gasteiger partial charge in [-0.1, -0.05) is 18.2 Å². The number of carbonyl (C=O) groups is 2. The van der Waals surface area contributed by atoms with E-state index >= 15 is 0 Å². The Bertz CT molecular complexity index is 846. The van der Waals surface area contributed by atoms with E-state index in [0.29, 0.717) is 18.7 Å². The molecule has 0 unspecified atom stereocenters. The minimum Gasteiger partial charge on any atom is -0.497 e. The third kappa shape index (κ3) is 3.49. The van der Waals surface area contributed by atoms with Gasteiger partial charge in [-0.05, 0) is 49.2 Å². The van der Waals surface area contributed by atoms with Crippen molar-refractivity contribution in [3.05, 3.63) is 65.7 Å². The van der Waals surface area contributed by atoms with Crippen LogP contribution in [-0.2, 0) is 0 Å². The molecule has 2 amide bonds. The second-order valence-corrected chi connectivity index (χ2v) is 8.60. The van der Waals surface area contributed by atoms with Gasteiger partial charge >= 0.3 is 0 Å². The zero-order valence-electron chi connectivity index (χ0n) is 16.0. The summed E-state index contributed by atoms with van der Waals surface area (Å²) in [7, 11) is 1.61. The molecular weight excluding hydrogens is 372 g/mol. The number of rotatable bonds is 3. The Hall–Kier alpha value is -2.47. The molecule has 2 aliphatic heterocycles. The lowest BCUT2D eigenvalue weighted by molar-refractivity contribution is 0.0498. The number of piperidine rings is 1. The van der Waals surface area contributed by atoms with Crippen molar-refractivity contribution in [1.82, 2.24) is 9.80 Å². The molecule has 0 radical (unpaired) electrons.